The molecule has 2 unspecified atom stereocenters. The van der Waals surface area contributed by atoms with Crippen LogP contribution in [0.5, 0.6) is 0 Å². The lowest BCUT2D eigenvalue weighted by Crippen LogP contribution is -2.57. The Morgan fingerprint density at radius 3 is 2.48 bits per heavy atom. The molecule has 2 aliphatic heterocycles. The minimum Gasteiger partial charge on any atom is -0.349 e. The lowest BCUT2D eigenvalue weighted by Gasteiger charge is -2.49. The molecule has 2 atom stereocenters. The maximum atomic E-state index is 12.6. The Balaban J connectivity index is 1.65. The van der Waals surface area contributed by atoms with Crippen molar-refractivity contribution in [1.82, 2.24) is 10.2 Å². The molecule has 3 nitrogen and oxygen atoms in total. The molecule has 2 aliphatic rings. The van der Waals surface area contributed by atoms with Crippen molar-refractivity contribution >= 4 is 5.91 Å². The van der Waals surface area contributed by atoms with Crippen molar-refractivity contribution in [1.29, 1.82) is 0 Å². The van der Waals surface area contributed by atoms with Gasteiger partial charge in [-0.15, -0.1) is 0 Å². The third-order valence-corrected chi connectivity index (χ3v) is 5.43. The summed E-state index contributed by atoms with van der Waals surface area (Å²) in [4.78, 5) is 15.3. The summed E-state index contributed by atoms with van der Waals surface area (Å²) in [7, 11) is 0. The van der Waals surface area contributed by atoms with Crippen molar-refractivity contribution < 1.29 is 4.79 Å². The second-order valence-corrected chi connectivity index (χ2v) is 7.79. The molecule has 2 bridgehead atoms. The highest BCUT2D eigenvalue weighted by molar-refractivity contribution is 5.95. The number of benzene rings is 1. The summed E-state index contributed by atoms with van der Waals surface area (Å²) in [5, 5.41) is 3.31. The Morgan fingerprint density at radius 1 is 1.22 bits per heavy atom. The summed E-state index contributed by atoms with van der Waals surface area (Å²) in [6, 6.07) is 9.52. The fraction of sp³-hybridized carbons (Fsp3) is 0.650. The molecule has 1 amide bonds. The van der Waals surface area contributed by atoms with Gasteiger partial charge in [0, 0.05) is 30.2 Å². The fourth-order valence-electron chi connectivity index (χ4n) is 4.41. The first-order chi connectivity index (χ1) is 11.0. The molecule has 0 spiro atoms. The van der Waals surface area contributed by atoms with E-state index in [1.165, 1.54) is 25.8 Å². The first-order valence-electron chi connectivity index (χ1n) is 9.17. The number of hydrogen-bond donors (Lipinski definition) is 1. The lowest BCUT2D eigenvalue weighted by molar-refractivity contribution is 0.0158. The second-order valence-electron chi connectivity index (χ2n) is 7.79. The molecule has 0 saturated carbocycles. The van der Waals surface area contributed by atoms with Crippen LogP contribution in [0.3, 0.4) is 0 Å². The van der Waals surface area contributed by atoms with Gasteiger partial charge in [0.1, 0.15) is 0 Å². The summed E-state index contributed by atoms with van der Waals surface area (Å²) >= 11 is 0. The predicted octanol–water partition coefficient (Wildman–Crippen LogP) is 3.77. The molecule has 0 radical (unpaired) electrons. The molecule has 23 heavy (non-hydrogen) atoms. The molecule has 0 aliphatic carbocycles. The Kier molecular flexibility index (Phi) is 5.05. The minimum atomic E-state index is 0.100. The number of carbonyl (C=O) groups is 1. The number of carbonyl (C=O) groups excluding carboxylic acids is 1. The number of nitrogens with zero attached hydrogens (tertiary/aromatic N) is 1. The highest BCUT2D eigenvalue weighted by Gasteiger charge is 2.38. The van der Waals surface area contributed by atoms with Crippen LogP contribution in [0.2, 0.25) is 0 Å². The summed E-state index contributed by atoms with van der Waals surface area (Å²) in [6.07, 6.45) is 6.16. The van der Waals surface area contributed by atoms with Crippen LogP contribution < -0.4 is 5.32 Å². The topological polar surface area (TPSA) is 32.3 Å². The van der Waals surface area contributed by atoms with E-state index in [4.69, 9.17) is 0 Å². The van der Waals surface area contributed by atoms with E-state index in [9.17, 15) is 4.79 Å². The summed E-state index contributed by atoms with van der Waals surface area (Å²) in [5.74, 6) is 0.819. The van der Waals surface area contributed by atoms with Crippen LogP contribution in [-0.4, -0.2) is 35.5 Å². The van der Waals surface area contributed by atoms with Gasteiger partial charge in [-0.05, 0) is 50.2 Å². The number of amides is 1. The Bertz CT molecular complexity index is 540. The average molecular weight is 314 g/mol. The van der Waals surface area contributed by atoms with Crippen LogP contribution in [0.1, 0.15) is 61.9 Å². The molecule has 2 saturated heterocycles. The van der Waals surface area contributed by atoms with Gasteiger partial charge in [0.25, 0.3) is 5.91 Å². The lowest BCUT2D eigenvalue weighted by atomic mass is 9.81. The van der Waals surface area contributed by atoms with Gasteiger partial charge in [-0.2, -0.15) is 0 Å². The van der Waals surface area contributed by atoms with E-state index in [0.717, 1.165) is 29.9 Å². The van der Waals surface area contributed by atoms with Gasteiger partial charge in [0.2, 0.25) is 0 Å². The molecule has 0 aromatic heterocycles. The number of hydrogen-bond acceptors (Lipinski definition) is 2. The van der Waals surface area contributed by atoms with Crippen LogP contribution in [0.25, 0.3) is 0 Å². The molecule has 3 rings (SSSR count). The number of aryl methyl sites for hydroxylation is 1. The summed E-state index contributed by atoms with van der Waals surface area (Å²) in [5.41, 5.74) is 1.88. The molecular formula is C20H30N2O. The summed E-state index contributed by atoms with van der Waals surface area (Å²) in [6.45, 7) is 7.83. The Labute approximate surface area is 140 Å². The van der Waals surface area contributed by atoms with E-state index in [2.05, 4.69) is 24.1 Å². The molecule has 3 heteroatoms. The normalized spacial score (nSPS) is 27.9. The van der Waals surface area contributed by atoms with E-state index in [1.807, 2.05) is 31.2 Å². The smallest absolute Gasteiger partial charge is 0.251 e. The van der Waals surface area contributed by atoms with Crippen LogP contribution in [0.4, 0.5) is 0 Å². The molecule has 126 valence electrons. The van der Waals surface area contributed by atoms with Crippen molar-refractivity contribution in [2.75, 3.05) is 6.54 Å². The molecule has 1 aromatic carbocycles. The zero-order chi connectivity index (χ0) is 16.4. The second kappa shape index (κ2) is 7.04. The van der Waals surface area contributed by atoms with E-state index in [1.54, 1.807) is 0 Å². The van der Waals surface area contributed by atoms with Gasteiger partial charge in [-0.3, -0.25) is 9.69 Å². The number of piperidine rings is 2. The highest BCUT2D eigenvalue weighted by atomic mass is 16.1. The SMILES string of the molecule is Cc1ccccc1C(=O)NC1CC2CCCC(C1)N2CC(C)C. The van der Waals surface area contributed by atoms with E-state index < -0.39 is 0 Å². The Morgan fingerprint density at radius 2 is 1.87 bits per heavy atom. The Hall–Kier alpha value is -1.35. The van der Waals surface area contributed by atoms with E-state index in [0.29, 0.717) is 18.1 Å². The van der Waals surface area contributed by atoms with Crippen molar-refractivity contribution in [3.8, 4) is 0 Å². The van der Waals surface area contributed by atoms with Crippen molar-refractivity contribution in [3.63, 3.8) is 0 Å². The van der Waals surface area contributed by atoms with Crippen LogP contribution in [-0.2, 0) is 0 Å². The molecular weight excluding hydrogens is 284 g/mol. The van der Waals surface area contributed by atoms with Crippen LogP contribution in [0, 0.1) is 12.8 Å². The standard InChI is InChI=1S/C20H30N2O/c1-14(2)13-22-17-8-6-9-18(22)12-16(11-17)21-20(23)19-10-5-4-7-15(19)3/h4-5,7,10,14,16-18H,6,8-9,11-13H2,1-3H3,(H,21,23). The largest absolute Gasteiger partial charge is 0.349 e. The zero-order valence-electron chi connectivity index (χ0n) is 14.7. The fourth-order valence-corrected chi connectivity index (χ4v) is 4.41. The zero-order valence-corrected chi connectivity index (χ0v) is 14.7. The van der Waals surface area contributed by atoms with Gasteiger partial charge < -0.3 is 5.32 Å². The van der Waals surface area contributed by atoms with E-state index >= 15 is 0 Å². The van der Waals surface area contributed by atoms with Crippen LogP contribution >= 0.6 is 0 Å². The molecule has 2 fully saturated rings. The molecule has 2 heterocycles. The van der Waals surface area contributed by atoms with Gasteiger partial charge in [-0.25, -0.2) is 0 Å². The maximum absolute atomic E-state index is 12.6. The van der Waals surface area contributed by atoms with Crippen molar-refractivity contribution in [2.24, 2.45) is 5.92 Å². The van der Waals surface area contributed by atoms with Gasteiger partial charge in [0.05, 0.1) is 0 Å². The number of nitrogens with one attached hydrogen (secondary N) is 1. The van der Waals surface area contributed by atoms with Crippen molar-refractivity contribution in [2.45, 2.75) is 71.0 Å². The number of rotatable bonds is 4. The third kappa shape index (κ3) is 3.77. The average Bonchev–Trinajstić information content (AvgIpc) is 2.47. The quantitative estimate of drug-likeness (QED) is 0.917. The predicted molar refractivity (Wildman–Crippen MR) is 94.6 cm³/mol. The molecule has 1 N–H and O–H groups in total. The third-order valence-electron chi connectivity index (χ3n) is 5.43. The first kappa shape index (κ1) is 16.5. The van der Waals surface area contributed by atoms with Crippen LogP contribution in [0.15, 0.2) is 24.3 Å². The molecule has 1 aromatic rings. The highest BCUT2D eigenvalue weighted by Crippen LogP contribution is 2.34. The first-order valence-corrected chi connectivity index (χ1v) is 9.17. The monoisotopic (exact) mass is 314 g/mol. The summed E-state index contributed by atoms with van der Waals surface area (Å²) < 4.78 is 0. The van der Waals surface area contributed by atoms with Gasteiger partial charge in [-0.1, -0.05) is 38.5 Å². The maximum Gasteiger partial charge on any atom is 0.251 e. The number of fused-ring (bicyclic) bond motifs is 2. The van der Waals surface area contributed by atoms with Gasteiger partial charge in [0.15, 0.2) is 0 Å². The van der Waals surface area contributed by atoms with Crippen molar-refractivity contribution in [3.05, 3.63) is 35.4 Å². The minimum absolute atomic E-state index is 0.100. The van der Waals surface area contributed by atoms with E-state index in [-0.39, 0.29) is 5.91 Å². The van der Waals surface area contributed by atoms with Gasteiger partial charge >= 0.3 is 0 Å².